The van der Waals surface area contributed by atoms with Gasteiger partial charge in [0.25, 0.3) is 0 Å². The van der Waals surface area contributed by atoms with Crippen LogP contribution < -0.4 is 5.32 Å². The number of aryl methyl sites for hydroxylation is 1. The minimum absolute atomic E-state index is 0.360. The minimum atomic E-state index is -0.360. The van der Waals surface area contributed by atoms with Crippen LogP contribution in [0.3, 0.4) is 0 Å². The lowest BCUT2D eigenvalue weighted by Crippen LogP contribution is -2.46. The van der Waals surface area contributed by atoms with Gasteiger partial charge in [0.2, 0.25) is 0 Å². The Hall–Kier alpha value is -0.460. The van der Waals surface area contributed by atoms with E-state index in [-0.39, 0.29) is 6.10 Å². The number of thiophene rings is 1. The van der Waals surface area contributed by atoms with Gasteiger partial charge >= 0.3 is 0 Å². The summed E-state index contributed by atoms with van der Waals surface area (Å²) in [7, 11) is 1.64. The lowest BCUT2D eigenvalue weighted by Gasteiger charge is -2.36. The average Bonchev–Trinajstić information content (AvgIpc) is 2.99. The van der Waals surface area contributed by atoms with Crippen LogP contribution in [0.2, 0.25) is 0 Å². The Kier molecular flexibility index (Phi) is 5.88. The second-order valence-corrected chi connectivity index (χ2v) is 7.60. The first-order valence-electron chi connectivity index (χ1n) is 8.48. The zero-order valence-electron chi connectivity index (χ0n) is 13.5. The number of rotatable bonds is 6. The number of aliphatic hydroxyl groups excluding tert-OH is 1. The van der Waals surface area contributed by atoms with Crippen molar-refractivity contribution in [1.82, 2.24) is 10.2 Å². The number of nitrogens with one attached hydrogen (secondary N) is 1. The van der Waals surface area contributed by atoms with Crippen molar-refractivity contribution in [3.8, 4) is 0 Å². The van der Waals surface area contributed by atoms with Gasteiger partial charge in [-0.25, -0.2) is 0 Å². The largest absolute Gasteiger partial charge is 0.389 e. The normalized spacial score (nSPS) is 25.1. The number of fused-ring (bicyclic) bond motifs is 1. The summed E-state index contributed by atoms with van der Waals surface area (Å²) in [5.41, 5.74) is 1.55. The fourth-order valence-corrected chi connectivity index (χ4v) is 4.76. The molecule has 0 saturated carbocycles. The molecular weight excluding hydrogens is 296 g/mol. The summed E-state index contributed by atoms with van der Waals surface area (Å²) in [6.45, 7) is 3.31. The number of hydrogen-bond donors (Lipinski definition) is 2. The Morgan fingerprint density at radius 3 is 3.00 bits per heavy atom. The predicted molar refractivity (Wildman–Crippen MR) is 90.5 cm³/mol. The first-order valence-corrected chi connectivity index (χ1v) is 9.36. The maximum absolute atomic E-state index is 9.83. The van der Waals surface area contributed by atoms with E-state index >= 15 is 0 Å². The lowest BCUT2D eigenvalue weighted by atomic mass is 9.92. The molecule has 22 heavy (non-hydrogen) atoms. The van der Waals surface area contributed by atoms with Crippen molar-refractivity contribution in [3.05, 3.63) is 21.9 Å². The van der Waals surface area contributed by atoms with Gasteiger partial charge in [-0.1, -0.05) is 0 Å². The number of likely N-dealkylation sites (tertiary alicyclic amines) is 1. The van der Waals surface area contributed by atoms with Gasteiger partial charge in [0.1, 0.15) is 0 Å². The Bertz CT molecular complexity index is 457. The number of β-amino-alcohol motifs (C(OH)–C–C–N with tert-alkyl or cyclic N) is 1. The molecule has 124 valence electrons. The second kappa shape index (κ2) is 7.88. The molecule has 5 heteroatoms. The molecule has 2 atom stereocenters. The minimum Gasteiger partial charge on any atom is -0.389 e. The highest BCUT2D eigenvalue weighted by Gasteiger charge is 2.26. The van der Waals surface area contributed by atoms with Crippen LogP contribution in [-0.2, 0) is 11.2 Å². The van der Waals surface area contributed by atoms with Gasteiger partial charge < -0.3 is 20.1 Å². The van der Waals surface area contributed by atoms with Crippen molar-refractivity contribution >= 4 is 11.3 Å². The number of ether oxygens (including phenoxy) is 1. The summed E-state index contributed by atoms with van der Waals surface area (Å²) < 4.78 is 5.00. The summed E-state index contributed by atoms with van der Waals surface area (Å²) in [6.07, 6.45) is 5.84. The number of methoxy groups -OCH3 is 1. The molecular formula is C17H28N2O2S. The van der Waals surface area contributed by atoms with Crippen molar-refractivity contribution in [1.29, 1.82) is 0 Å². The first kappa shape index (κ1) is 16.4. The van der Waals surface area contributed by atoms with Crippen LogP contribution in [0.4, 0.5) is 0 Å². The summed E-state index contributed by atoms with van der Waals surface area (Å²) in [6, 6.07) is 3.49. The molecule has 4 nitrogen and oxygen atoms in total. The highest BCUT2D eigenvalue weighted by Crippen LogP contribution is 2.34. The molecule has 0 radical (unpaired) electrons. The SMILES string of the molecule is COCC(O)CN1CCC(NC2CCCc3sccc32)CC1. The number of piperidine rings is 1. The fourth-order valence-electron chi connectivity index (χ4n) is 3.77. The quantitative estimate of drug-likeness (QED) is 0.842. The van der Waals surface area contributed by atoms with E-state index in [1.54, 1.807) is 17.6 Å². The summed E-state index contributed by atoms with van der Waals surface area (Å²) in [4.78, 5) is 3.95. The molecule has 2 unspecified atom stereocenters. The summed E-state index contributed by atoms with van der Waals surface area (Å²) in [5, 5.41) is 16.0. The maximum atomic E-state index is 9.83. The molecule has 1 aliphatic carbocycles. The zero-order chi connectivity index (χ0) is 15.4. The van der Waals surface area contributed by atoms with Gasteiger partial charge in [-0.3, -0.25) is 0 Å². The molecule has 1 aromatic heterocycles. The summed E-state index contributed by atoms with van der Waals surface area (Å²) >= 11 is 1.92. The Balaban J connectivity index is 1.45. The Labute approximate surface area is 137 Å². The van der Waals surface area contributed by atoms with Gasteiger partial charge in [-0.05, 0) is 62.2 Å². The molecule has 3 rings (SSSR count). The van der Waals surface area contributed by atoms with Crippen LogP contribution in [-0.4, -0.2) is 55.5 Å². The predicted octanol–water partition coefficient (Wildman–Crippen LogP) is 2.19. The van der Waals surface area contributed by atoms with E-state index in [0.717, 1.165) is 19.6 Å². The van der Waals surface area contributed by atoms with E-state index in [4.69, 9.17) is 4.74 Å². The molecule has 0 spiro atoms. The third-order valence-electron chi connectivity index (χ3n) is 4.90. The standard InChI is InChI=1S/C17H28N2O2S/c1-21-12-14(20)11-19-8-5-13(6-9-19)18-16-3-2-4-17-15(16)7-10-22-17/h7,10,13-14,16,18,20H,2-6,8-9,11-12H2,1H3. The van der Waals surface area contributed by atoms with E-state index in [1.165, 1.54) is 32.1 Å². The molecule has 0 aromatic carbocycles. The number of nitrogens with zero attached hydrogens (tertiary/aromatic N) is 1. The summed E-state index contributed by atoms with van der Waals surface area (Å²) in [5.74, 6) is 0. The highest BCUT2D eigenvalue weighted by atomic mass is 32.1. The van der Waals surface area contributed by atoms with Gasteiger partial charge in [0.15, 0.2) is 0 Å². The highest BCUT2D eigenvalue weighted by molar-refractivity contribution is 7.10. The third kappa shape index (κ3) is 4.09. The van der Waals surface area contributed by atoms with E-state index < -0.39 is 0 Å². The van der Waals surface area contributed by atoms with Gasteiger partial charge in [0.05, 0.1) is 12.7 Å². The van der Waals surface area contributed by atoms with E-state index in [0.29, 0.717) is 18.7 Å². The van der Waals surface area contributed by atoms with Gasteiger partial charge in [-0.15, -0.1) is 11.3 Å². The van der Waals surface area contributed by atoms with Crippen molar-refractivity contribution in [3.63, 3.8) is 0 Å². The van der Waals surface area contributed by atoms with Crippen molar-refractivity contribution < 1.29 is 9.84 Å². The van der Waals surface area contributed by atoms with Crippen LogP contribution >= 0.6 is 11.3 Å². The molecule has 2 aliphatic rings. The average molecular weight is 324 g/mol. The smallest absolute Gasteiger partial charge is 0.0900 e. The van der Waals surface area contributed by atoms with Gasteiger partial charge in [-0.2, -0.15) is 0 Å². The third-order valence-corrected chi connectivity index (χ3v) is 5.90. The van der Waals surface area contributed by atoms with E-state index in [1.807, 2.05) is 11.3 Å². The van der Waals surface area contributed by atoms with Crippen LogP contribution in [0.15, 0.2) is 11.4 Å². The lowest BCUT2D eigenvalue weighted by molar-refractivity contribution is 0.0306. The molecule has 1 saturated heterocycles. The molecule has 1 aromatic rings. The molecule has 1 aliphatic heterocycles. The van der Waals surface area contributed by atoms with Gasteiger partial charge in [0, 0.05) is 30.6 Å². The zero-order valence-corrected chi connectivity index (χ0v) is 14.3. The molecule has 1 fully saturated rings. The van der Waals surface area contributed by atoms with Crippen molar-refractivity contribution in [2.75, 3.05) is 33.4 Å². The molecule has 0 bridgehead atoms. The Morgan fingerprint density at radius 2 is 2.23 bits per heavy atom. The number of aliphatic hydroxyl groups is 1. The molecule has 2 heterocycles. The number of hydrogen-bond acceptors (Lipinski definition) is 5. The van der Waals surface area contributed by atoms with Crippen LogP contribution in [0.25, 0.3) is 0 Å². The fraction of sp³-hybridized carbons (Fsp3) is 0.765. The van der Waals surface area contributed by atoms with Crippen LogP contribution in [0.1, 0.15) is 42.2 Å². The first-order chi connectivity index (χ1) is 10.8. The maximum Gasteiger partial charge on any atom is 0.0900 e. The monoisotopic (exact) mass is 324 g/mol. The second-order valence-electron chi connectivity index (χ2n) is 6.59. The van der Waals surface area contributed by atoms with E-state index in [9.17, 15) is 5.11 Å². The van der Waals surface area contributed by atoms with E-state index in [2.05, 4.69) is 21.7 Å². The Morgan fingerprint density at radius 1 is 1.41 bits per heavy atom. The molecule has 2 N–H and O–H groups in total. The van der Waals surface area contributed by atoms with Crippen LogP contribution in [0, 0.1) is 0 Å². The van der Waals surface area contributed by atoms with Crippen molar-refractivity contribution in [2.45, 2.75) is 50.3 Å². The van der Waals surface area contributed by atoms with Crippen molar-refractivity contribution in [2.24, 2.45) is 0 Å². The topological polar surface area (TPSA) is 44.7 Å². The molecule has 0 amide bonds. The van der Waals surface area contributed by atoms with Crippen LogP contribution in [0.5, 0.6) is 0 Å².